The molecule has 0 spiro atoms. The van der Waals surface area contributed by atoms with Crippen LogP contribution in [0.1, 0.15) is 0 Å². The molecule has 9 nitrogen and oxygen atoms in total. The molecule has 0 amide bonds. The number of sulfonamides is 1. The lowest BCUT2D eigenvalue weighted by atomic mass is 10.6. The summed E-state index contributed by atoms with van der Waals surface area (Å²) in [6, 6.07) is 0. The fourth-order valence-electron chi connectivity index (χ4n) is 1.47. The summed E-state index contributed by atoms with van der Waals surface area (Å²) in [6.45, 7) is 0.814. The van der Waals surface area contributed by atoms with E-state index in [0.29, 0.717) is 13.2 Å². The summed E-state index contributed by atoms with van der Waals surface area (Å²) >= 11 is 0. The Labute approximate surface area is 116 Å². The van der Waals surface area contributed by atoms with E-state index in [9.17, 15) is 18.0 Å². The highest BCUT2D eigenvalue weighted by Gasteiger charge is 2.20. The maximum absolute atomic E-state index is 12.0. The van der Waals surface area contributed by atoms with E-state index in [4.69, 9.17) is 10.5 Å². The minimum absolute atomic E-state index is 0.00826. The lowest BCUT2D eigenvalue weighted by Gasteiger charge is -2.09. The zero-order valence-corrected chi connectivity index (χ0v) is 12.1. The van der Waals surface area contributed by atoms with Crippen molar-refractivity contribution in [2.24, 2.45) is 19.8 Å². The van der Waals surface area contributed by atoms with Crippen molar-refractivity contribution in [3.63, 3.8) is 0 Å². The van der Waals surface area contributed by atoms with Gasteiger partial charge in [-0.1, -0.05) is 0 Å². The van der Waals surface area contributed by atoms with Crippen LogP contribution >= 0.6 is 0 Å². The number of aromatic nitrogens is 2. The average molecular weight is 306 g/mol. The number of rotatable bonds is 7. The number of aryl methyl sites for hydroxylation is 1. The molecule has 1 heterocycles. The Morgan fingerprint density at radius 3 is 2.55 bits per heavy atom. The van der Waals surface area contributed by atoms with Gasteiger partial charge in [0.2, 0.25) is 10.0 Å². The molecule has 0 saturated carbocycles. The van der Waals surface area contributed by atoms with Gasteiger partial charge in [-0.3, -0.25) is 9.36 Å². The van der Waals surface area contributed by atoms with Gasteiger partial charge in [0.1, 0.15) is 0 Å². The maximum Gasteiger partial charge on any atom is 0.330 e. The molecule has 1 aromatic heterocycles. The van der Waals surface area contributed by atoms with Crippen LogP contribution in [0.3, 0.4) is 0 Å². The van der Waals surface area contributed by atoms with E-state index in [0.717, 1.165) is 15.3 Å². The van der Waals surface area contributed by atoms with Crippen LogP contribution in [0, 0.1) is 0 Å². The van der Waals surface area contributed by atoms with Crippen LogP contribution in [0.2, 0.25) is 0 Å². The van der Waals surface area contributed by atoms with Crippen molar-refractivity contribution >= 4 is 10.0 Å². The molecule has 114 valence electrons. The van der Waals surface area contributed by atoms with Crippen molar-refractivity contribution in [2.45, 2.75) is 4.90 Å². The van der Waals surface area contributed by atoms with Crippen molar-refractivity contribution in [3.8, 4) is 0 Å². The first kappa shape index (κ1) is 16.6. The Balaban J connectivity index is 2.94. The largest absolute Gasteiger partial charge is 0.379 e. The van der Waals surface area contributed by atoms with Crippen molar-refractivity contribution in [3.05, 3.63) is 27.0 Å². The summed E-state index contributed by atoms with van der Waals surface area (Å²) in [7, 11) is -1.41. The van der Waals surface area contributed by atoms with Crippen LogP contribution in [0.15, 0.2) is 20.7 Å². The minimum atomic E-state index is -3.99. The molecule has 0 aromatic carbocycles. The molecular formula is C10H18N4O5S. The predicted molar refractivity (Wildman–Crippen MR) is 72.0 cm³/mol. The smallest absolute Gasteiger partial charge is 0.330 e. The molecular weight excluding hydrogens is 288 g/mol. The number of ether oxygens (including phenoxy) is 1. The molecule has 10 heteroatoms. The fourth-order valence-corrected chi connectivity index (χ4v) is 2.64. The third-order valence-electron chi connectivity index (χ3n) is 2.51. The molecule has 0 saturated heterocycles. The summed E-state index contributed by atoms with van der Waals surface area (Å²) in [5.41, 5.74) is 3.75. The number of nitrogens with one attached hydrogen (secondary N) is 1. The molecule has 1 aromatic rings. The van der Waals surface area contributed by atoms with Gasteiger partial charge in [-0.25, -0.2) is 17.9 Å². The zero-order chi connectivity index (χ0) is 15.3. The molecule has 0 unspecified atom stereocenters. The van der Waals surface area contributed by atoms with E-state index < -0.39 is 26.2 Å². The van der Waals surface area contributed by atoms with Crippen LogP contribution in [0.4, 0.5) is 0 Å². The summed E-state index contributed by atoms with van der Waals surface area (Å²) in [5.74, 6) is 0. The van der Waals surface area contributed by atoms with E-state index in [-0.39, 0.29) is 13.2 Å². The Hall–Kier alpha value is -1.49. The number of hydrogen-bond donors (Lipinski definition) is 2. The normalized spacial score (nSPS) is 11.8. The third-order valence-corrected chi connectivity index (χ3v) is 3.95. The molecule has 0 aliphatic carbocycles. The summed E-state index contributed by atoms with van der Waals surface area (Å²) in [5, 5.41) is 0. The molecule has 20 heavy (non-hydrogen) atoms. The lowest BCUT2D eigenvalue weighted by Crippen LogP contribution is -2.41. The molecule has 1 rings (SSSR count). The quantitative estimate of drug-likeness (QED) is 0.530. The van der Waals surface area contributed by atoms with Gasteiger partial charge in [-0.2, -0.15) is 0 Å². The molecule has 0 fully saturated rings. The average Bonchev–Trinajstić information content (AvgIpc) is 2.40. The predicted octanol–water partition coefficient (Wildman–Crippen LogP) is -2.66. The van der Waals surface area contributed by atoms with Gasteiger partial charge in [0, 0.05) is 33.4 Å². The second-order valence-electron chi connectivity index (χ2n) is 4.05. The lowest BCUT2D eigenvalue weighted by molar-refractivity contribution is 0.147. The van der Waals surface area contributed by atoms with E-state index in [1.165, 1.54) is 14.1 Å². The Kier molecular flexibility index (Phi) is 5.62. The summed E-state index contributed by atoms with van der Waals surface area (Å²) < 4.78 is 33.0. The van der Waals surface area contributed by atoms with Crippen LogP contribution in [0.25, 0.3) is 0 Å². The fraction of sp³-hybridized carbons (Fsp3) is 0.600. The Morgan fingerprint density at radius 2 is 1.95 bits per heavy atom. The van der Waals surface area contributed by atoms with Crippen molar-refractivity contribution in [1.82, 2.24) is 13.9 Å². The summed E-state index contributed by atoms with van der Waals surface area (Å²) in [6.07, 6.45) is 0.994. The summed E-state index contributed by atoms with van der Waals surface area (Å²) in [4.78, 5) is 22.8. The molecule has 0 atom stereocenters. The highest BCUT2D eigenvalue weighted by atomic mass is 32.2. The molecule has 3 N–H and O–H groups in total. The van der Waals surface area contributed by atoms with Crippen molar-refractivity contribution in [1.29, 1.82) is 0 Å². The first-order valence-corrected chi connectivity index (χ1v) is 7.33. The SMILES string of the molecule is Cn1cc(S(=O)(=O)NCCOCCN)c(=O)n(C)c1=O. The number of hydrogen-bond acceptors (Lipinski definition) is 6. The standard InChI is InChI=1S/C10H18N4O5S/c1-13-7-8(9(15)14(2)10(13)16)20(17,18)12-4-6-19-5-3-11/h7,12H,3-6,11H2,1-2H3. The first-order valence-electron chi connectivity index (χ1n) is 5.85. The number of nitrogens with zero attached hydrogens (tertiary/aromatic N) is 2. The van der Waals surface area contributed by atoms with Gasteiger partial charge >= 0.3 is 5.69 Å². The van der Waals surface area contributed by atoms with E-state index >= 15 is 0 Å². The van der Waals surface area contributed by atoms with Crippen LogP contribution in [0.5, 0.6) is 0 Å². The van der Waals surface area contributed by atoms with Crippen LogP contribution < -0.4 is 21.7 Å². The van der Waals surface area contributed by atoms with Gasteiger partial charge in [-0.05, 0) is 0 Å². The van der Waals surface area contributed by atoms with Gasteiger partial charge in [0.05, 0.1) is 13.2 Å². The molecule has 0 aliphatic rings. The van der Waals surface area contributed by atoms with E-state index in [2.05, 4.69) is 4.72 Å². The minimum Gasteiger partial charge on any atom is -0.379 e. The van der Waals surface area contributed by atoms with Crippen LogP contribution in [-0.4, -0.2) is 43.9 Å². The van der Waals surface area contributed by atoms with Gasteiger partial charge in [0.25, 0.3) is 5.56 Å². The van der Waals surface area contributed by atoms with Crippen LogP contribution in [-0.2, 0) is 28.9 Å². The number of nitrogens with two attached hydrogens (primary N) is 1. The second kappa shape index (κ2) is 6.79. The maximum atomic E-state index is 12.0. The van der Waals surface area contributed by atoms with Gasteiger partial charge in [0.15, 0.2) is 4.90 Å². The zero-order valence-electron chi connectivity index (χ0n) is 11.3. The first-order chi connectivity index (χ1) is 9.31. The van der Waals surface area contributed by atoms with Crippen molar-refractivity contribution in [2.75, 3.05) is 26.3 Å². The monoisotopic (exact) mass is 306 g/mol. The highest BCUT2D eigenvalue weighted by molar-refractivity contribution is 7.89. The Bertz CT molecular complexity index is 676. The van der Waals surface area contributed by atoms with E-state index in [1.54, 1.807) is 0 Å². The molecule has 0 bridgehead atoms. The van der Waals surface area contributed by atoms with E-state index in [1.807, 2.05) is 0 Å². The molecule has 0 radical (unpaired) electrons. The molecule has 0 aliphatic heterocycles. The van der Waals surface area contributed by atoms with Gasteiger partial charge < -0.3 is 15.0 Å². The second-order valence-corrected chi connectivity index (χ2v) is 5.79. The Morgan fingerprint density at radius 1 is 1.30 bits per heavy atom. The third kappa shape index (κ3) is 3.76. The highest BCUT2D eigenvalue weighted by Crippen LogP contribution is 1.99. The van der Waals surface area contributed by atoms with Crippen molar-refractivity contribution < 1.29 is 13.2 Å². The topological polar surface area (TPSA) is 125 Å². The van der Waals surface area contributed by atoms with Gasteiger partial charge in [-0.15, -0.1) is 0 Å².